The first kappa shape index (κ1) is 14.8. The van der Waals surface area contributed by atoms with E-state index >= 15 is 0 Å². The van der Waals surface area contributed by atoms with E-state index in [4.69, 9.17) is 15.2 Å². The number of nitrogen functional groups attached to an aromatic ring is 1. The van der Waals surface area contributed by atoms with Gasteiger partial charge in [0, 0.05) is 6.20 Å². The van der Waals surface area contributed by atoms with Crippen LogP contribution in [-0.4, -0.2) is 17.6 Å². The number of nitrogens with two attached hydrogens (primary N) is 1. The third-order valence-corrected chi connectivity index (χ3v) is 3.01. The van der Waals surface area contributed by atoms with Crippen molar-refractivity contribution in [1.82, 2.24) is 4.98 Å². The average Bonchev–Trinajstić information content (AvgIpc) is 2.50. The Bertz CT molecular complexity index is 614. The highest BCUT2D eigenvalue weighted by Crippen LogP contribution is 2.27. The summed E-state index contributed by atoms with van der Waals surface area (Å²) in [6.45, 7) is 3.93. The quantitative estimate of drug-likeness (QED) is 0.855. The van der Waals surface area contributed by atoms with Crippen molar-refractivity contribution in [3.8, 4) is 5.88 Å². The van der Waals surface area contributed by atoms with Crippen molar-refractivity contribution < 1.29 is 14.3 Å². The zero-order valence-electron chi connectivity index (χ0n) is 12.1. The smallest absolute Gasteiger partial charge is 0.340 e. The van der Waals surface area contributed by atoms with Gasteiger partial charge in [0.2, 0.25) is 5.88 Å². The maximum absolute atomic E-state index is 11.8. The molecule has 2 rings (SSSR count). The molecule has 0 aliphatic rings. The van der Waals surface area contributed by atoms with Crippen LogP contribution in [0.3, 0.4) is 0 Å². The number of pyridine rings is 1. The van der Waals surface area contributed by atoms with Gasteiger partial charge in [0.05, 0.1) is 12.2 Å². The highest BCUT2D eigenvalue weighted by Gasteiger charge is 2.17. The molecule has 0 radical (unpaired) electrons. The van der Waals surface area contributed by atoms with Crippen LogP contribution >= 0.6 is 0 Å². The van der Waals surface area contributed by atoms with E-state index in [2.05, 4.69) is 4.98 Å². The fraction of sp³-hybridized carbons (Fsp3) is 0.250. The summed E-state index contributed by atoms with van der Waals surface area (Å²) in [6.07, 6.45) is 1.26. The number of nitrogens with zero attached hydrogens (tertiary/aromatic N) is 1. The minimum Gasteiger partial charge on any atom is -0.468 e. The summed E-state index contributed by atoms with van der Waals surface area (Å²) in [5.74, 6) is -0.244. The van der Waals surface area contributed by atoms with Gasteiger partial charge in [-0.05, 0) is 25.5 Å². The molecular formula is C16H18N2O3. The Morgan fingerprint density at radius 1 is 1.29 bits per heavy atom. The lowest BCUT2D eigenvalue weighted by Gasteiger charge is -2.16. The molecule has 0 spiro atoms. The molecule has 1 aromatic carbocycles. The molecule has 1 heterocycles. The minimum absolute atomic E-state index is 0.193. The maximum Gasteiger partial charge on any atom is 0.340 e. The Morgan fingerprint density at radius 3 is 2.67 bits per heavy atom. The van der Waals surface area contributed by atoms with Crippen molar-refractivity contribution in [2.45, 2.75) is 20.0 Å². The van der Waals surface area contributed by atoms with Gasteiger partial charge in [-0.25, -0.2) is 9.78 Å². The topological polar surface area (TPSA) is 74.4 Å². The fourth-order valence-corrected chi connectivity index (χ4v) is 1.89. The van der Waals surface area contributed by atoms with Crippen molar-refractivity contribution in [3.63, 3.8) is 0 Å². The number of esters is 1. The van der Waals surface area contributed by atoms with Gasteiger partial charge in [-0.1, -0.05) is 30.3 Å². The molecule has 2 aromatic rings. The first-order valence-electron chi connectivity index (χ1n) is 6.76. The largest absolute Gasteiger partial charge is 0.468 e. The molecular weight excluding hydrogens is 268 g/mol. The first-order chi connectivity index (χ1) is 10.1. The van der Waals surface area contributed by atoms with Crippen LogP contribution < -0.4 is 10.5 Å². The van der Waals surface area contributed by atoms with Crippen LogP contribution in [0.15, 0.2) is 42.6 Å². The van der Waals surface area contributed by atoms with Crippen LogP contribution in [0.1, 0.15) is 35.9 Å². The molecule has 1 atom stereocenters. The Kier molecular flexibility index (Phi) is 4.77. The lowest BCUT2D eigenvalue weighted by Crippen LogP contribution is -2.12. The summed E-state index contributed by atoms with van der Waals surface area (Å²) in [5.41, 5.74) is 7.41. The van der Waals surface area contributed by atoms with Crippen molar-refractivity contribution in [3.05, 3.63) is 53.7 Å². The number of benzene rings is 1. The van der Waals surface area contributed by atoms with Crippen LogP contribution in [0, 0.1) is 0 Å². The summed E-state index contributed by atoms with van der Waals surface area (Å²) >= 11 is 0. The second kappa shape index (κ2) is 6.74. The predicted octanol–water partition coefficient (Wildman–Crippen LogP) is 2.98. The van der Waals surface area contributed by atoms with E-state index in [0.717, 1.165) is 5.56 Å². The van der Waals surface area contributed by atoms with E-state index in [9.17, 15) is 4.79 Å². The van der Waals surface area contributed by atoms with Crippen LogP contribution in [0.5, 0.6) is 5.88 Å². The van der Waals surface area contributed by atoms with E-state index in [1.807, 2.05) is 37.3 Å². The van der Waals surface area contributed by atoms with Gasteiger partial charge in [-0.2, -0.15) is 0 Å². The number of ether oxygens (including phenoxy) is 2. The molecule has 0 saturated carbocycles. The van der Waals surface area contributed by atoms with Gasteiger partial charge < -0.3 is 15.2 Å². The number of anilines is 1. The van der Waals surface area contributed by atoms with Gasteiger partial charge in [0.1, 0.15) is 11.8 Å². The summed E-state index contributed by atoms with van der Waals surface area (Å²) < 4.78 is 10.7. The molecule has 2 N–H and O–H groups in total. The number of carbonyl (C=O) groups excluding carboxylic acids is 1. The Balaban J connectivity index is 2.21. The lowest BCUT2D eigenvalue weighted by molar-refractivity contribution is 0.0526. The molecule has 110 valence electrons. The first-order valence-corrected chi connectivity index (χ1v) is 6.76. The van der Waals surface area contributed by atoms with Crippen LogP contribution in [0.25, 0.3) is 0 Å². The van der Waals surface area contributed by atoms with Crippen molar-refractivity contribution in [2.75, 3.05) is 12.3 Å². The predicted molar refractivity (Wildman–Crippen MR) is 80.1 cm³/mol. The maximum atomic E-state index is 11.8. The third-order valence-electron chi connectivity index (χ3n) is 3.01. The van der Waals surface area contributed by atoms with E-state index in [1.165, 1.54) is 12.3 Å². The standard InChI is InChI=1S/C16H18N2O3/c1-3-20-16(19)13-9-10-18-15(14(13)17)21-11(2)12-7-5-4-6-8-12/h4-11H,3,17H2,1-2H3. The number of carbonyl (C=O) groups is 1. The number of aromatic nitrogens is 1. The van der Waals surface area contributed by atoms with E-state index in [1.54, 1.807) is 6.92 Å². The van der Waals surface area contributed by atoms with Gasteiger partial charge in [0.15, 0.2) is 0 Å². The van der Waals surface area contributed by atoms with Crippen LogP contribution in [-0.2, 0) is 4.74 Å². The molecule has 1 unspecified atom stereocenters. The van der Waals surface area contributed by atoms with Gasteiger partial charge in [-0.15, -0.1) is 0 Å². The molecule has 0 aliphatic carbocycles. The second-order valence-corrected chi connectivity index (χ2v) is 4.47. The van der Waals surface area contributed by atoms with Gasteiger partial charge in [0.25, 0.3) is 0 Å². The Labute approximate surface area is 123 Å². The molecule has 0 saturated heterocycles. The summed E-state index contributed by atoms with van der Waals surface area (Å²) in [7, 11) is 0. The fourth-order valence-electron chi connectivity index (χ4n) is 1.89. The second-order valence-electron chi connectivity index (χ2n) is 4.47. The number of hydrogen-bond acceptors (Lipinski definition) is 5. The third kappa shape index (κ3) is 3.51. The molecule has 1 aromatic heterocycles. The zero-order chi connectivity index (χ0) is 15.2. The summed E-state index contributed by atoms with van der Waals surface area (Å²) in [6, 6.07) is 11.2. The lowest BCUT2D eigenvalue weighted by atomic mass is 10.1. The van der Waals surface area contributed by atoms with Crippen molar-refractivity contribution >= 4 is 11.7 Å². The molecule has 0 bridgehead atoms. The Hall–Kier alpha value is -2.56. The zero-order valence-corrected chi connectivity index (χ0v) is 12.1. The molecule has 21 heavy (non-hydrogen) atoms. The minimum atomic E-state index is -0.477. The van der Waals surface area contributed by atoms with Crippen LogP contribution in [0.2, 0.25) is 0 Å². The molecule has 0 amide bonds. The highest BCUT2D eigenvalue weighted by molar-refractivity contribution is 5.96. The van der Waals surface area contributed by atoms with E-state index < -0.39 is 5.97 Å². The average molecular weight is 286 g/mol. The number of rotatable bonds is 5. The van der Waals surface area contributed by atoms with Crippen molar-refractivity contribution in [2.24, 2.45) is 0 Å². The van der Waals surface area contributed by atoms with Gasteiger partial charge in [-0.3, -0.25) is 0 Å². The monoisotopic (exact) mass is 286 g/mol. The van der Waals surface area contributed by atoms with Crippen LogP contribution in [0.4, 0.5) is 5.69 Å². The Morgan fingerprint density at radius 2 is 2.00 bits per heavy atom. The van der Waals surface area contributed by atoms with E-state index in [-0.39, 0.29) is 29.8 Å². The number of hydrogen-bond donors (Lipinski definition) is 1. The molecule has 0 fully saturated rings. The normalized spacial score (nSPS) is 11.7. The van der Waals surface area contributed by atoms with E-state index in [0.29, 0.717) is 0 Å². The van der Waals surface area contributed by atoms with Gasteiger partial charge >= 0.3 is 5.97 Å². The molecule has 5 nitrogen and oxygen atoms in total. The SMILES string of the molecule is CCOC(=O)c1ccnc(OC(C)c2ccccc2)c1N. The van der Waals surface area contributed by atoms with Crippen molar-refractivity contribution in [1.29, 1.82) is 0 Å². The highest BCUT2D eigenvalue weighted by atomic mass is 16.5. The molecule has 5 heteroatoms. The molecule has 0 aliphatic heterocycles. The summed E-state index contributed by atoms with van der Waals surface area (Å²) in [4.78, 5) is 15.9. The summed E-state index contributed by atoms with van der Waals surface area (Å²) in [5, 5.41) is 0.